The molecule has 2 aromatic rings. The van der Waals surface area contributed by atoms with Crippen LogP contribution in [0.25, 0.3) is 0 Å². The van der Waals surface area contributed by atoms with Gasteiger partial charge in [-0.05, 0) is 31.2 Å². The molecule has 132 valence electrons. The van der Waals surface area contributed by atoms with E-state index in [1.54, 1.807) is 0 Å². The molecule has 2 aromatic carbocycles. The van der Waals surface area contributed by atoms with Gasteiger partial charge in [0, 0.05) is 13.1 Å². The van der Waals surface area contributed by atoms with E-state index in [1.165, 1.54) is 5.56 Å². The average Bonchev–Trinajstić information content (AvgIpc) is 2.64. The largest absolute Gasteiger partial charge is 0.493 e. The van der Waals surface area contributed by atoms with Crippen LogP contribution in [-0.4, -0.2) is 38.8 Å². The number of hydrogen-bond acceptors (Lipinski definition) is 4. The third-order valence-corrected chi connectivity index (χ3v) is 4.15. The lowest BCUT2D eigenvalue weighted by Gasteiger charge is -2.30. The molecule has 1 aliphatic heterocycles. The Morgan fingerprint density at radius 1 is 1.12 bits per heavy atom. The number of rotatable bonds is 6. The molecule has 1 fully saturated rings. The molecule has 1 N–H and O–H groups in total. The second-order valence-corrected chi connectivity index (χ2v) is 6.08. The fraction of sp³-hybridized carbons (Fsp3) is 0.350. The van der Waals surface area contributed by atoms with Crippen molar-refractivity contribution in [3.8, 4) is 5.75 Å². The van der Waals surface area contributed by atoms with Crippen molar-refractivity contribution in [3.05, 3.63) is 54.1 Å². The summed E-state index contributed by atoms with van der Waals surface area (Å²) in [6.07, 6.45) is 0.311. The van der Waals surface area contributed by atoms with Crippen molar-refractivity contribution in [2.75, 3.05) is 43.1 Å². The lowest BCUT2D eigenvalue weighted by Crippen LogP contribution is -2.36. The molecule has 1 aliphatic rings. The summed E-state index contributed by atoms with van der Waals surface area (Å²) in [7, 11) is 0. The molecule has 5 heteroatoms. The first-order valence-corrected chi connectivity index (χ1v) is 8.63. The number of nitrogens with one attached hydrogen (secondary N) is 1. The van der Waals surface area contributed by atoms with Crippen molar-refractivity contribution in [2.24, 2.45) is 0 Å². The Balaban J connectivity index is 1.53. The number of carbonyl (C=O) groups is 1. The fourth-order valence-corrected chi connectivity index (χ4v) is 2.77. The zero-order valence-electron chi connectivity index (χ0n) is 14.5. The smallest absolute Gasteiger partial charge is 0.227 e. The summed E-state index contributed by atoms with van der Waals surface area (Å²) < 4.78 is 11.0. The number of nitrogens with zero attached hydrogens (tertiary/aromatic N) is 1. The standard InChI is InChI=1S/C20H24N2O3/c1-16-6-8-17(9-7-16)25-13-10-20(23)21-18-4-2-3-5-19(18)22-11-14-24-15-12-22/h2-9H,10-15H2,1H3,(H,21,23). The Bertz CT molecular complexity index is 694. The van der Waals surface area contributed by atoms with Crippen LogP contribution in [0.5, 0.6) is 5.75 Å². The highest BCUT2D eigenvalue weighted by atomic mass is 16.5. The third kappa shape index (κ3) is 4.97. The van der Waals surface area contributed by atoms with E-state index < -0.39 is 0 Å². The molecule has 1 saturated heterocycles. The number of para-hydroxylation sites is 2. The van der Waals surface area contributed by atoms with Crippen LogP contribution in [0.1, 0.15) is 12.0 Å². The maximum atomic E-state index is 12.3. The van der Waals surface area contributed by atoms with Gasteiger partial charge in [0.1, 0.15) is 5.75 Å². The van der Waals surface area contributed by atoms with Crippen molar-refractivity contribution < 1.29 is 14.3 Å². The maximum Gasteiger partial charge on any atom is 0.227 e. The van der Waals surface area contributed by atoms with Crippen LogP contribution in [0.3, 0.4) is 0 Å². The molecule has 0 atom stereocenters. The van der Waals surface area contributed by atoms with E-state index in [1.807, 2.05) is 55.5 Å². The Morgan fingerprint density at radius 3 is 2.60 bits per heavy atom. The molecule has 3 rings (SSSR count). The number of amides is 1. The van der Waals surface area contributed by atoms with E-state index in [2.05, 4.69) is 10.2 Å². The Morgan fingerprint density at radius 2 is 1.84 bits per heavy atom. The van der Waals surface area contributed by atoms with E-state index in [-0.39, 0.29) is 5.91 Å². The maximum absolute atomic E-state index is 12.3. The number of ether oxygens (including phenoxy) is 2. The SMILES string of the molecule is Cc1ccc(OCCC(=O)Nc2ccccc2N2CCOCC2)cc1. The van der Waals surface area contributed by atoms with Gasteiger partial charge in [-0.25, -0.2) is 0 Å². The minimum atomic E-state index is -0.0483. The molecule has 0 spiro atoms. The van der Waals surface area contributed by atoms with Gasteiger partial charge in [0.05, 0.1) is 37.6 Å². The van der Waals surface area contributed by atoms with Crippen LogP contribution in [0.2, 0.25) is 0 Å². The lowest BCUT2D eigenvalue weighted by atomic mass is 10.2. The highest BCUT2D eigenvalue weighted by Crippen LogP contribution is 2.26. The number of morpholine rings is 1. The van der Waals surface area contributed by atoms with Crippen LogP contribution in [0, 0.1) is 6.92 Å². The van der Waals surface area contributed by atoms with E-state index in [9.17, 15) is 4.79 Å². The topological polar surface area (TPSA) is 50.8 Å². The molecule has 1 heterocycles. The van der Waals surface area contributed by atoms with Crippen LogP contribution in [-0.2, 0) is 9.53 Å². The van der Waals surface area contributed by atoms with E-state index in [0.717, 1.165) is 30.2 Å². The van der Waals surface area contributed by atoms with E-state index in [4.69, 9.17) is 9.47 Å². The van der Waals surface area contributed by atoms with Gasteiger partial charge in [0.2, 0.25) is 5.91 Å². The minimum absolute atomic E-state index is 0.0483. The molecular weight excluding hydrogens is 316 g/mol. The Hall–Kier alpha value is -2.53. The van der Waals surface area contributed by atoms with Crippen molar-refractivity contribution >= 4 is 17.3 Å². The zero-order valence-corrected chi connectivity index (χ0v) is 14.5. The van der Waals surface area contributed by atoms with Crippen molar-refractivity contribution in [1.29, 1.82) is 0 Å². The van der Waals surface area contributed by atoms with Crippen LogP contribution in [0.4, 0.5) is 11.4 Å². The molecule has 0 saturated carbocycles. The van der Waals surface area contributed by atoms with Gasteiger partial charge in [-0.15, -0.1) is 0 Å². The number of aryl methyl sites for hydroxylation is 1. The number of hydrogen-bond donors (Lipinski definition) is 1. The highest BCUT2D eigenvalue weighted by Gasteiger charge is 2.15. The Labute approximate surface area is 148 Å². The predicted octanol–water partition coefficient (Wildman–Crippen LogP) is 3.24. The van der Waals surface area contributed by atoms with Crippen molar-refractivity contribution in [1.82, 2.24) is 0 Å². The van der Waals surface area contributed by atoms with Gasteiger partial charge < -0.3 is 19.7 Å². The molecule has 0 unspecified atom stereocenters. The van der Waals surface area contributed by atoms with Crippen molar-refractivity contribution in [3.63, 3.8) is 0 Å². The molecule has 1 amide bonds. The normalized spacial score (nSPS) is 14.2. The van der Waals surface area contributed by atoms with Crippen LogP contribution >= 0.6 is 0 Å². The minimum Gasteiger partial charge on any atom is -0.493 e. The van der Waals surface area contributed by atoms with Crippen LogP contribution < -0.4 is 15.0 Å². The van der Waals surface area contributed by atoms with E-state index >= 15 is 0 Å². The predicted molar refractivity (Wildman–Crippen MR) is 99.4 cm³/mol. The fourth-order valence-electron chi connectivity index (χ4n) is 2.77. The summed E-state index contributed by atoms with van der Waals surface area (Å²) in [5.41, 5.74) is 3.06. The number of carbonyl (C=O) groups excluding carboxylic acids is 1. The monoisotopic (exact) mass is 340 g/mol. The van der Waals surface area contributed by atoms with Gasteiger partial charge in [-0.3, -0.25) is 4.79 Å². The lowest BCUT2D eigenvalue weighted by molar-refractivity contribution is -0.116. The quantitative estimate of drug-likeness (QED) is 0.877. The second-order valence-electron chi connectivity index (χ2n) is 6.08. The van der Waals surface area contributed by atoms with Crippen LogP contribution in [0.15, 0.2) is 48.5 Å². The average molecular weight is 340 g/mol. The first kappa shape index (κ1) is 17.3. The zero-order chi connectivity index (χ0) is 17.5. The second kappa shape index (κ2) is 8.53. The van der Waals surface area contributed by atoms with Gasteiger partial charge in [-0.2, -0.15) is 0 Å². The molecule has 0 bridgehead atoms. The summed E-state index contributed by atoms with van der Waals surface area (Å²) >= 11 is 0. The number of benzene rings is 2. The van der Waals surface area contributed by atoms with Gasteiger partial charge in [0.25, 0.3) is 0 Å². The third-order valence-electron chi connectivity index (χ3n) is 4.15. The summed E-state index contributed by atoms with van der Waals surface area (Å²) in [6.45, 7) is 5.49. The summed E-state index contributed by atoms with van der Waals surface area (Å²) in [5.74, 6) is 0.736. The summed E-state index contributed by atoms with van der Waals surface area (Å²) in [4.78, 5) is 14.5. The van der Waals surface area contributed by atoms with E-state index in [0.29, 0.717) is 26.2 Å². The summed E-state index contributed by atoms with van der Waals surface area (Å²) in [5, 5.41) is 3.00. The van der Waals surface area contributed by atoms with Gasteiger partial charge in [0.15, 0.2) is 0 Å². The van der Waals surface area contributed by atoms with Crippen molar-refractivity contribution in [2.45, 2.75) is 13.3 Å². The highest BCUT2D eigenvalue weighted by molar-refractivity contribution is 5.94. The molecule has 0 aliphatic carbocycles. The molecule has 25 heavy (non-hydrogen) atoms. The molecule has 0 radical (unpaired) electrons. The molecular formula is C20H24N2O3. The first-order valence-electron chi connectivity index (χ1n) is 8.63. The molecule has 5 nitrogen and oxygen atoms in total. The number of anilines is 2. The van der Waals surface area contributed by atoms with Gasteiger partial charge >= 0.3 is 0 Å². The molecule has 0 aromatic heterocycles. The Kier molecular flexibility index (Phi) is 5.90. The van der Waals surface area contributed by atoms with Gasteiger partial charge in [-0.1, -0.05) is 29.8 Å². The first-order chi connectivity index (χ1) is 12.2. The summed E-state index contributed by atoms with van der Waals surface area (Å²) in [6, 6.07) is 15.7.